The fraction of sp³-hybridized carbons (Fsp3) is 0.750. The molecule has 0 aliphatic carbocycles. The normalized spacial score (nSPS) is 16.2. The van der Waals surface area contributed by atoms with Gasteiger partial charge in [-0.25, -0.2) is 4.79 Å². The van der Waals surface area contributed by atoms with E-state index >= 15 is 0 Å². The molecule has 0 spiro atoms. The third kappa shape index (κ3) is 4.10. The number of hydrogen-bond acceptors (Lipinski definition) is 3. The first-order valence-electron chi connectivity index (χ1n) is 6.03. The zero-order chi connectivity index (χ0) is 12.6. The minimum absolute atomic E-state index is 0.108. The molecule has 0 aliphatic heterocycles. The molecular formula is C12H24O3Si. The van der Waals surface area contributed by atoms with E-state index in [1.54, 1.807) is 0 Å². The molecule has 94 valence electrons. The van der Waals surface area contributed by atoms with Crippen LogP contribution in [0.2, 0.25) is 12.1 Å². The molecule has 0 heterocycles. The van der Waals surface area contributed by atoms with Crippen LogP contribution in [0.4, 0.5) is 0 Å². The van der Waals surface area contributed by atoms with Gasteiger partial charge in [-0.15, -0.1) is 0 Å². The molecule has 4 heteroatoms. The first-order valence-corrected chi connectivity index (χ1v) is 8.43. The second-order valence-corrected chi connectivity index (χ2v) is 8.32. The highest BCUT2D eigenvalue weighted by atomic mass is 28.4. The summed E-state index contributed by atoms with van der Waals surface area (Å²) in [5.74, 6) is -0.353. The first kappa shape index (κ1) is 15.4. The molecule has 16 heavy (non-hydrogen) atoms. The number of rotatable bonds is 8. The monoisotopic (exact) mass is 244 g/mol. The molecule has 0 saturated heterocycles. The van der Waals surface area contributed by atoms with Gasteiger partial charge >= 0.3 is 5.97 Å². The highest BCUT2D eigenvalue weighted by Crippen LogP contribution is 2.25. The molecule has 0 rings (SSSR count). The summed E-state index contributed by atoms with van der Waals surface area (Å²) in [5, 5.41) is 0. The maximum atomic E-state index is 11.2. The highest BCUT2D eigenvalue weighted by Gasteiger charge is 2.40. The lowest BCUT2D eigenvalue weighted by atomic mass is 10.6. The van der Waals surface area contributed by atoms with Crippen LogP contribution in [-0.4, -0.2) is 26.6 Å². The lowest BCUT2D eigenvalue weighted by molar-refractivity contribution is -0.139. The van der Waals surface area contributed by atoms with Gasteiger partial charge < -0.3 is 9.16 Å². The van der Waals surface area contributed by atoms with Crippen molar-refractivity contribution in [1.29, 1.82) is 0 Å². The quantitative estimate of drug-likeness (QED) is 0.374. The van der Waals surface area contributed by atoms with E-state index in [1.807, 2.05) is 13.8 Å². The lowest BCUT2D eigenvalue weighted by Gasteiger charge is -2.34. The van der Waals surface area contributed by atoms with Crippen molar-refractivity contribution in [2.45, 2.75) is 51.9 Å². The standard InChI is InChI=1S/C12H24O3Si/c1-6-10-16(9-4,14-8-3)11(5)15-12(13)7-2/h7,11H,2,6,8-10H2,1,3-5H3. The van der Waals surface area contributed by atoms with Crippen molar-refractivity contribution in [3.8, 4) is 0 Å². The van der Waals surface area contributed by atoms with Gasteiger partial charge in [0.1, 0.15) is 5.73 Å². The molecule has 0 aromatic rings. The Balaban J connectivity index is 4.69. The van der Waals surface area contributed by atoms with Gasteiger partial charge in [-0.3, -0.25) is 0 Å². The summed E-state index contributed by atoms with van der Waals surface area (Å²) in [6, 6.07) is 2.00. The predicted molar refractivity (Wildman–Crippen MR) is 68.7 cm³/mol. The summed E-state index contributed by atoms with van der Waals surface area (Å²) < 4.78 is 11.3. The molecular weight excluding hydrogens is 220 g/mol. The molecule has 0 bridgehead atoms. The minimum atomic E-state index is -1.94. The molecule has 2 unspecified atom stereocenters. The van der Waals surface area contributed by atoms with Gasteiger partial charge in [-0.2, -0.15) is 0 Å². The van der Waals surface area contributed by atoms with Crippen LogP contribution < -0.4 is 0 Å². The molecule has 0 fully saturated rings. The molecule has 0 aromatic carbocycles. The lowest BCUT2D eigenvalue weighted by Crippen LogP contribution is -2.50. The van der Waals surface area contributed by atoms with Gasteiger partial charge in [0.2, 0.25) is 8.32 Å². The third-order valence-corrected chi connectivity index (χ3v) is 7.91. The molecule has 0 N–H and O–H groups in total. The van der Waals surface area contributed by atoms with Crippen molar-refractivity contribution in [3.05, 3.63) is 12.7 Å². The summed E-state index contributed by atoms with van der Waals surface area (Å²) in [4.78, 5) is 11.2. The summed E-state index contributed by atoms with van der Waals surface area (Å²) in [6.07, 6.45) is 2.28. The average Bonchev–Trinajstić information content (AvgIpc) is 2.28. The Morgan fingerprint density at radius 3 is 2.44 bits per heavy atom. The maximum Gasteiger partial charge on any atom is 0.330 e. The van der Waals surface area contributed by atoms with Crippen LogP contribution in [0.25, 0.3) is 0 Å². The Bertz CT molecular complexity index is 222. The van der Waals surface area contributed by atoms with Crippen molar-refractivity contribution in [1.82, 2.24) is 0 Å². The zero-order valence-electron chi connectivity index (χ0n) is 10.9. The van der Waals surface area contributed by atoms with E-state index in [1.165, 1.54) is 6.08 Å². The number of hydrogen-bond donors (Lipinski definition) is 0. The largest absolute Gasteiger partial charge is 0.460 e. The first-order chi connectivity index (χ1) is 7.56. The van der Waals surface area contributed by atoms with E-state index in [4.69, 9.17) is 9.16 Å². The van der Waals surface area contributed by atoms with E-state index in [2.05, 4.69) is 20.4 Å². The number of ether oxygens (including phenoxy) is 1. The molecule has 0 saturated carbocycles. The molecule has 2 atom stereocenters. The van der Waals surface area contributed by atoms with Crippen molar-refractivity contribution < 1.29 is 14.0 Å². The van der Waals surface area contributed by atoms with E-state index in [9.17, 15) is 4.79 Å². The Morgan fingerprint density at radius 1 is 1.44 bits per heavy atom. The number of carbonyl (C=O) groups is 1. The van der Waals surface area contributed by atoms with Gasteiger partial charge in [0.15, 0.2) is 0 Å². The van der Waals surface area contributed by atoms with Crippen molar-refractivity contribution in [3.63, 3.8) is 0 Å². The summed E-state index contributed by atoms with van der Waals surface area (Å²) in [6.45, 7) is 12.3. The van der Waals surface area contributed by atoms with E-state index in [-0.39, 0.29) is 11.7 Å². The summed E-state index contributed by atoms with van der Waals surface area (Å²) in [5.41, 5.74) is -0.108. The van der Waals surface area contributed by atoms with Crippen LogP contribution in [-0.2, 0) is 14.0 Å². The van der Waals surface area contributed by atoms with E-state index in [0.717, 1.165) is 18.5 Å². The molecule has 0 amide bonds. The fourth-order valence-electron chi connectivity index (χ4n) is 2.00. The maximum absolute atomic E-state index is 11.2. The Morgan fingerprint density at radius 2 is 2.06 bits per heavy atom. The van der Waals surface area contributed by atoms with Crippen molar-refractivity contribution in [2.24, 2.45) is 0 Å². The Hall–Kier alpha value is -0.613. The highest BCUT2D eigenvalue weighted by molar-refractivity contribution is 6.75. The zero-order valence-corrected chi connectivity index (χ0v) is 11.9. The summed E-state index contributed by atoms with van der Waals surface area (Å²) in [7, 11) is -1.94. The van der Waals surface area contributed by atoms with Crippen LogP contribution in [0.1, 0.15) is 34.1 Å². The van der Waals surface area contributed by atoms with Crippen molar-refractivity contribution in [2.75, 3.05) is 6.61 Å². The molecule has 0 aromatic heterocycles. The Kier molecular flexibility index (Phi) is 7.33. The Labute approximate surface area is 100.0 Å². The van der Waals surface area contributed by atoms with Crippen LogP contribution in [0.15, 0.2) is 12.7 Å². The van der Waals surface area contributed by atoms with Gasteiger partial charge in [0.05, 0.1) is 0 Å². The van der Waals surface area contributed by atoms with Crippen LogP contribution >= 0.6 is 0 Å². The number of esters is 1. The third-order valence-electron chi connectivity index (χ3n) is 2.90. The number of carbonyl (C=O) groups excluding carboxylic acids is 1. The van der Waals surface area contributed by atoms with Crippen LogP contribution in [0.5, 0.6) is 0 Å². The van der Waals surface area contributed by atoms with Crippen molar-refractivity contribution >= 4 is 14.3 Å². The SMILES string of the molecule is C=CC(=O)OC(C)[Si](CC)(CCC)OCC. The van der Waals surface area contributed by atoms with Crippen LogP contribution in [0.3, 0.4) is 0 Å². The molecule has 3 nitrogen and oxygen atoms in total. The second kappa shape index (κ2) is 7.63. The van der Waals surface area contributed by atoms with Gasteiger partial charge in [-0.1, -0.05) is 26.8 Å². The summed E-state index contributed by atoms with van der Waals surface area (Å²) >= 11 is 0. The molecule has 0 radical (unpaired) electrons. The van der Waals surface area contributed by atoms with Gasteiger partial charge in [0.25, 0.3) is 0 Å². The molecule has 0 aliphatic rings. The van der Waals surface area contributed by atoms with Gasteiger partial charge in [0, 0.05) is 12.7 Å². The van der Waals surface area contributed by atoms with Crippen LogP contribution in [0, 0.1) is 0 Å². The fourth-order valence-corrected chi connectivity index (χ4v) is 5.67. The second-order valence-electron chi connectivity index (χ2n) is 3.88. The average molecular weight is 244 g/mol. The van der Waals surface area contributed by atoms with E-state index < -0.39 is 8.32 Å². The predicted octanol–water partition coefficient (Wildman–Crippen LogP) is 3.06. The minimum Gasteiger partial charge on any atom is -0.460 e. The topological polar surface area (TPSA) is 35.5 Å². The smallest absolute Gasteiger partial charge is 0.330 e. The van der Waals surface area contributed by atoms with E-state index in [0.29, 0.717) is 6.61 Å². The van der Waals surface area contributed by atoms with Gasteiger partial charge in [-0.05, 0) is 25.9 Å².